The van der Waals surface area contributed by atoms with E-state index in [0.717, 1.165) is 11.3 Å². The molecule has 3 aromatic heterocycles. The molecule has 5 rings (SSSR count). The minimum atomic E-state index is -3.81. The maximum absolute atomic E-state index is 13.9. The van der Waals surface area contributed by atoms with Gasteiger partial charge in [-0.25, -0.2) is 17.4 Å². The number of fused-ring (bicyclic) bond motifs is 1. The Kier molecular flexibility index (Phi) is 6.72. The number of benzene rings is 1. The second kappa shape index (κ2) is 9.92. The van der Waals surface area contributed by atoms with Crippen molar-refractivity contribution in [3.63, 3.8) is 0 Å². The third-order valence-corrected chi connectivity index (χ3v) is 10.1. The molecule has 0 radical (unpaired) electrons. The molecule has 0 atom stereocenters. The van der Waals surface area contributed by atoms with Crippen LogP contribution in [0.5, 0.6) is 0 Å². The third kappa shape index (κ3) is 4.52. The van der Waals surface area contributed by atoms with Crippen molar-refractivity contribution in [2.45, 2.75) is 51.3 Å². The Bertz CT molecular complexity index is 1890. The third-order valence-electron chi connectivity index (χ3n) is 7.57. The number of hydrogen-bond donors (Lipinski definition) is 2. The standard InChI is InChI=1S/C30H29N5O4S/c1-5-8-30(9-10-30)40(38,39)35-17-19(3)27-24(28(36)33-16-25-18(2)11-20(4)34-29(25)37)12-22(13-26(27)35)21-6-7-23(14-31)32-15-21/h5-7,11-13,15,17H,1,8-10,16H2,2-4H3,(H,33,36)(H,34,37). The van der Waals surface area contributed by atoms with E-state index in [-0.39, 0.29) is 23.4 Å². The van der Waals surface area contributed by atoms with Gasteiger partial charge in [0.25, 0.3) is 11.5 Å². The smallest absolute Gasteiger partial charge is 0.253 e. The van der Waals surface area contributed by atoms with E-state index in [4.69, 9.17) is 5.26 Å². The summed E-state index contributed by atoms with van der Waals surface area (Å²) in [7, 11) is -3.81. The first kappa shape index (κ1) is 27.1. The number of H-pyrrole nitrogens is 1. The van der Waals surface area contributed by atoms with Crippen molar-refractivity contribution in [1.29, 1.82) is 5.26 Å². The monoisotopic (exact) mass is 555 g/mol. The molecule has 4 aromatic rings. The van der Waals surface area contributed by atoms with Crippen molar-refractivity contribution in [3.05, 3.63) is 99.4 Å². The van der Waals surface area contributed by atoms with Crippen LogP contribution >= 0.6 is 0 Å². The summed E-state index contributed by atoms with van der Waals surface area (Å²) in [5, 5.41) is 12.5. The number of aromatic amines is 1. The summed E-state index contributed by atoms with van der Waals surface area (Å²) in [5.41, 5.74) is 4.38. The molecule has 1 aliphatic rings. The van der Waals surface area contributed by atoms with Crippen molar-refractivity contribution in [3.8, 4) is 17.2 Å². The maximum atomic E-state index is 13.9. The van der Waals surface area contributed by atoms with E-state index in [9.17, 15) is 18.0 Å². The molecule has 1 saturated carbocycles. The quantitative estimate of drug-likeness (QED) is 0.309. The molecule has 3 heterocycles. The van der Waals surface area contributed by atoms with Crippen LogP contribution in [-0.2, 0) is 16.6 Å². The highest BCUT2D eigenvalue weighted by molar-refractivity contribution is 7.91. The zero-order valence-corrected chi connectivity index (χ0v) is 23.4. The molecule has 1 amide bonds. The van der Waals surface area contributed by atoms with Crippen LogP contribution in [0.15, 0.2) is 60.2 Å². The number of aromatic nitrogens is 3. The number of amides is 1. The molecule has 0 bridgehead atoms. The van der Waals surface area contributed by atoms with Gasteiger partial charge in [-0.15, -0.1) is 6.58 Å². The molecule has 1 aliphatic carbocycles. The minimum Gasteiger partial charge on any atom is -0.348 e. The molecule has 0 aliphatic heterocycles. The highest BCUT2D eigenvalue weighted by Crippen LogP contribution is 2.49. The average Bonchev–Trinajstić information content (AvgIpc) is 3.64. The first-order valence-corrected chi connectivity index (χ1v) is 14.3. The van der Waals surface area contributed by atoms with Crippen LogP contribution in [0.25, 0.3) is 22.0 Å². The summed E-state index contributed by atoms with van der Waals surface area (Å²) in [5.74, 6) is -0.446. The van der Waals surface area contributed by atoms with Gasteiger partial charge < -0.3 is 10.3 Å². The number of aryl methyl sites for hydroxylation is 3. The van der Waals surface area contributed by atoms with Crippen LogP contribution in [0.4, 0.5) is 0 Å². The summed E-state index contributed by atoms with van der Waals surface area (Å²) >= 11 is 0. The zero-order valence-electron chi connectivity index (χ0n) is 22.5. The first-order chi connectivity index (χ1) is 19.0. The van der Waals surface area contributed by atoms with Crippen LogP contribution in [0.3, 0.4) is 0 Å². The number of rotatable bonds is 8. The number of pyridine rings is 2. The van der Waals surface area contributed by atoms with Crippen molar-refractivity contribution < 1.29 is 13.2 Å². The maximum Gasteiger partial charge on any atom is 0.253 e. The molecule has 40 heavy (non-hydrogen) atoms. The molecule has 2 N–H and O–H groups in total. The largest absolute Gasteiger partial charge is 0.348 e. The Hall–Kier alpha value is -4.49. The normalized spacial score (nSPS) is 14.1. The minimum absolute atomic E-state index is 0.00488. The lowest BCUT2D eigenvalue weighted by molar-refractivity contribution is 0.0952. The van der Waals surface area contributed by atoms with Gasteiger partial charge in [0.2, 0.25) is 10.0 Å². The molecule has 9 nitrogen and oxygen atoms in total. The molecule has 204 valence electrons. The molecule has 0 spiro atoms. The lowest BCUT2D eigenvalue weighted by Crippen LogP contribution is -2.29. The Morgan fingerprint density at radius 1 is 1.20 bits per heavy atom. The molecule has 0 saturated heterocycles. The van der Waals surface area contributed by atoms with E-state index in [1.54, 1.807) is 50.4 Å². The first-order valence-electron chi connectivity index (χ1n) is 12.9. The lowest BCUT2D eigenvalue weighted by Gasteiger charge is -2.17. The number of carbonyl (C=O) groups is 1. The second-order valence-electron chi connectivity index (χ2n) is 10.4. The Morgan fingerprint density at radius 2 is 1.95 bits per heavy atom. The summed E-state index contributed by atoms with van der Waals surface area (Å²) in [6, 6.07) is 10.5. The van der Waals surface area contributed by atoms with Gasteiger partial charge in [-0.1, -0.05) is 6.08 Å². The summed E-state index contributed by atoms with van der Waals surface area (Å²) in [6.45, 7) is 9.13. The number of hydrogen-bond acceptors (Lipinski definition) is 6. The van der Waals surface area contributed by atoms with Gasteiger partial charge in [-0.2, -0.15) is 5.26 Å². The van der Waals surface area contributed by atoms with Gasteiger partial charge in [0.05, 0.1) is 10.3 Å². The van der Waals surface area contributed by atoms with Gasteiger partial charge in [-0.05, 0) is 87.1 Å². The van der Waals surface area contributed by atoms with Gasteiger partial charge in [0.15, 0.2) is 0 Å². The molecule has 0 unspecified atom stereocenters. The molecule has 1 fully saturated rings. The molecule has 1 aromatic carbocycles. The van der Waals surface area contributed by atoms with Crippen molar-refractivity contribution in [1.82, 2.24) is 19.3 Å². The van der Waals surface area contributed by atoms with E-state index in [1.165, 1.54) is 10.2 Å². The van der Waals surface area contributed by atoms with Gasteiger partial charge in [0.1, 0.15) is 11.8 Å². The van der Waals surface area contributed by atoms with E-state index in [1.807, 2.05) is 19.1 Å². The molecular weight excluding hydrogens is 526 g/mol. The fraction of sp³-hybridized carbons (Fsp3) is 0.267. The van der Waals surface area contributed by atoms with Gasteiger partial charge in [-0.3, -0.25) is 9.59 Å². The number of nitriles is 1. The predicted octanol–water partition coefficient (Wildman–Crippen LogP) is 4.41. The second-order valence-corrected chi connectivity index (χ2v) is 12.6. The van der Waals surface area contributed by atoms with Crippen LogP contribution in [0.2, 0.25) is 0 Å². The number of nitrogens with one attached hydrogen (secondary N) is 2. The fourth-order valence-electron chi connectivity index (χ4n) is 5.24. The summed E-state index contributed by atoms with van der Waals surface area (Å²) in [4.78, 5) is 33.1. The highest BCUT2D eigenvalue weighted by Gasteiger charge is 2.54. The summed E-state index contributed by atoms with van der Waals surface area (Å²) in [6.07, 6.45) is 6.13. The topological polar surface area (TPSA) is 138 Å². The highest BCUT2D eigenvalue weighted by atomic mass is 32.2. The summed E-state index contributed by atoms with van der Waals surface area (Å²) < 4.78 is 28.2. The number of allylic oxidation sites excluding steroid dienone is 1. The van der Waals surface area contributed by atoms with Crippen molar-refractivity contribution >= 4 is 26.8 Å². The van der Waals surface area contributed by atoms with Gasteiger partial charge >= 0.3 is 0 Å². The van der Waals surface area contributed by atoms with Crippen LogP contribution in [-0.4, -0.2) is 33.0 Å². The van der Waals surface area contributed by atoms with Crippen molar-refractivity contribution in [2.75, 3.05) is 0 Å². The van der Waals surface area contributed by atoms with Gasteiger partial charge in [0, 0.05) is 46.7 Å². The molecular formula is C30H29N5O4S. The average molecular weight is 556 g/mol. The van der Waals surface area contributed by atoms with E-state index in [0.29, 0.717) is 52.4 Å². The van der Waals surface area contributed by atoms with E-state index in [2.05, 4.69) is 21.9 Å². The van der Waals surface area contributed by atoms with Crippen LogP contribution in [0, 0.1) is 32.1 Å². The number of nitrogens with zero attached hydrogens (tertiary/aromatic N) is 3. The fourth-order valence-corrected chi connectivity index (χ4v) is 7.31. The molecule has 10 heteroatoms. The predicted molar refractivity (Wildman–Crippen MR) is 153 cm³/mol. The number of carbonyl (C=O) groups excluding carboxylic acids is 1. The van der Waals surface area contributed by atoms with Crippen molar-refractivity contribution in [2.24, 2.45) is 0 Å². The van der Waals surface area contributed by atoms with E-state index >= 15 is 0 Å². The van der Waals surface area contributed by atoms with Crippen LogP contribution in [0.1, 0.15) is 57.7 Å². The Labute approximate surface area is 232 Å². The zero-order chi connectivity index (χ0) is 28.8. The SMILES string of the molecule is C=CCC1(S(=O)(=O)n2cc(C)c3c(C(=O)NCc4c(C)cc(C)[nH]c4=O)cc(-c4ccc(C#N)nc4)cc32)CC1. The lowest BCUT2D eigenvalue weighted by atomic mass is 9.99. The Morgan fingerprint density at radius 3 is 2.55 bits per heavy atom. The van der Waals surface area contributed by atoms with E-state index < -0.39 is 20.7 Å². The Balaban J connectivity index is 1.66. The van der Waals surface area contributed by atoms with Crippen LogP contribution < -0.4 is 10.9 Å².